The van der Waals surface area contributed by atoms with E-state index in [4.69, 9.17) is 20.8 Å². The van der Waals surface area contributed by atoms with Gasteiger partial charge in [-0.1, -0.05) is 57.5 Å². The van der Waals surface area contributed by atoms with Gasteiger partial charge in [-0.2, -0.15) is 0 Å². The highest BCUT2D eigenvalue weighted by Gasteiger charge is 2.39. The van der Waals surface area contributed by atoms with Gasteiger partial charge in [-0.15, -0.1) is 0 Å². The van der Waals surface area contributed by atoms with E-state index in [1.54, 1.807) is 6.07 Å². The van der Waals surface area contributed by atoms with Crippen molar-refractivity contribution in [2.75, 3.05) is 7.11 Å². The number of rotatable bonds is 11. The minimum atomic E-state index is -1.93. The number of esters is 1. The maximum atomic E-state index is 12.2. The molecule has 0 aliphatic heterocycles. The second-order valence-electron chi connectivity index (χ2n) is 12.0. The molecule has 204 valence electrons. The molecule has 0 saturated heterocycles. The molecule has 0 spiro atoms. The van der Waals surface area contributed by atoms with Gasteiger partial charge in [-0.05, 0) is 96.1 Å². The van der Waals surface area contributed by atoms with Crippen molar-refractivity contribution < 1.29 is 24.2 Å². The second kappa shape index (κ2) is 11.9. The summed E-state index contributed by atoms with van der Waals surface area (Å²) in [5, 5.41) is 22.4. The predicted octanol–water partition coefficient (Wildman–Crippen LogP) is 7.54. The van der Waals surface area contributed by atoms with E-state index in [-0.39, 0.29) is 28.6 Å². The summed E-state index contributed by atoms with van der Waals surface area (Å²) in [4.78, 5) is 12.2. The Bertz CT molecular complexity index is 1090. The fourth-order valence-corrected chi connectivity index (χ4v) is 5.72. The molecule has 1 fully saturated rings. The van der Waals surface area contributed by atoms with Crippen molar-refractivity contribution in [3.05, 3.63) is 63.7 Å². The minimum absolute atomic E-state index is 0.0408. The SMILES string of the molecule is COC(=O)[C@@H](C)[C@H](c1ccc(CCC(O)c2ccc(Cl)c(CO[Si](C)(C)C(C)(C)C)c2)c(O)c1)C1CC1. The van der Waals surface area contributed by atoms with Gasteiger partial charge in [0.25, 0.3) is 0 Å². The number of aryl methyl sites for hydroxylation is 1. The van der Waals surface area contributed by atoms with Gasteiger partial charge in [-0.3, -0.25) is 4.79 Å². The number of methoxy groups -OCH3 is 1. The summed E-state index contributed by atoms with van der Waals surface area (Å²) in [6.07, 6.45) is 2.46. The highest BCUT2D eigenvalue weighted by Crippen LogP contribution is 2.47. The first-order valence-electron chi connectivity index (χ1n) is 13.2. The lowest BCUT2D eigenvalue weighted by Gasteiger charge is -2.36. The number of ether oxygens (including phenoxy) is 1. The molecule has 5 nitrogen and oxygen atoms in total. The van der Waals surface area contributed by atoms with Gasteiger partial charge >= 0.3 is 5.97 Å². The van der Waals surface area contributed by atoms with Gasteiger partial charge < -0.3 is 19.4 Å². The fraction of sp³-hybridized carbons (Fsp3) is 0.567. The summed E-state index contributed by atoms with van der Waals surface area (Å²) in [6.45, 7) is 13.3. The van der Waals surface area contributed by atoms with E-state index in [0.29, 0.717) is 30.4 Å². The van der Waals surface area contributed by atoms with Crippen LogP contribution in [0.2, 0.25) is 23.2 Å². The van der Waals surface area contributed by atoms with Crippen LogP contribution in [0.4, 0.5) is 0 Å². The Morgan fingerprint density at radius 3 is 2.32 bits per heavy atom. The normalized spacial score (nSPS) is 16.8. The maximum absolute atomic E-state index is 12.2. The van der Waals surface area contributed by atoms with Crippen molar-refractivity contribution in [2.24, 2.45) is 11.8 Å². The molecule has 0 radical (unpaired) electrons. The number of hydrogen-bond donors (Lipinski definition) is 2. The van der Waals surface area contributed by atoms with Crippen LogP contribution in [0, 0.1) is 11.8 Å². The average Bonchev–Trinajstić information content (AvgIpc) is 3.66. The lowest BCUT2D eigenvalue weighted by molar-refractivity contribution is -0.145. The van der Waals surface area contributed by atoms with E-state index in [9.17, 15) is 15.0 Å². The lowest BCUT2D eigenvalue weighted by Crippen LogP contribution is -2.40. The van der Waals surface area contributed by atoms with Crippen LogP contribution >= 0.6 is 11.6 Å². The molecule has 0 bridgehead atoms. The van der Waals surface area contributed by atoms with Crippen LogP contribution < -0.4 is 0 Å². The summed E-state index contributed by atoms with van der Waals surface area (Å²) < 4.78 is 11.3. The van der Waals surface area contributed by atoms with Crippen LogP contribution in [0.3, 0.4) is 0 Å². The van der Waals surface area contributed by atoms with Crippen LogP contribution in [0.5, 0.6) is 5.75 Å². The highest BCUT2D eigenvalue weighted by atomic mass is 35.5. The Kier molecular flexibility index (Phi) is 9.54. The number of carbonyl (C=O) groups is 1. The number of hydrogen-bond acceptors (Lipinski definition) is 5. The standard InChI is InChI=1S/C30H43ClO5Si/c1-19(29(34)35-5)28(21-9-10-21)23-11-8-20(27(33)17-23)13-15-26(32)22-12-14-25(31)24(16-22)18-36-37(6,7)30(2,3)4/h8,11-12,14,16-17,19,21,26,28,32-33H,9-10,13,15,18H2,1-7H3/t19-,26?,28-/m0/s1. The first-order chi connectivity index (χ1) is 17.2. The summed E-state index contributed by atoms with van der Waals surface area (Å²) in [5.74, 6) is 0.205. The molecular formula is C30H43ClO5Si. The summed E-state index contributed by atoms with van der Waals surface area (Å²) >= 11 is 6.45. The van der Waals surface area contributed by atoms with Gasteiger partial charge in [0.1, 0.15) is 5.75 Å². The van der Waals surface area contributed by atoms with E-state index in [0.717, 1.165) is 35.1 Å². The molecule has 3 rings (SSSR count). The number of aliphatic hydroxyl groups excluding tert-OH is 1. The molecule has 3 atom stereocenters. The molecule has 1 saturated carbocycles. The zero-order valence-corrected chi connectivity index (χ0v) is 25.1. The van der Waals surface area contributed by atoms with E-state index in [1.807, 2.05) is 37.3 Å². The minimum Gasteiger partial charge on any atom is -0.508 e. The summed E-state index contributed by atoms with van der Waals surface area (Å²) in [5.41, 5.74) is 3.40. The van der Waals surface area contributed by atoms with Crippen molar-refractivity contribution in [2.45, 2.75) is 90.1 Å². The zero-order valence-electron chi connectivity index (χ0n) is 23.3. The summed E-state index contributed by atoms with van der Waals surface area (Å²) in [6, 6.07) is 11.3. The Morgan fingerprint density at radius 2 is 1.76 bits per heavy atom. The number of phenolic OH excluding ortho intramolecular Hbond substituents is 1. The van der Waals surface area contributed by atoms with E-state index in [2.05, 4.69) is 33.9 Å². The molecule has 37 heavy (non-hydrogen) atoms. The lowest BCUT2D eigenvalue weighted by atomic mass is 9.82. The molecular weight excluding hydrogens is 504 g/mol. The van der Waals surface area contributed by atoms with Gasteiger partial charge in [-0.25, -0.2) is 0 Å². The van der Waals surface area contributed by atoms with Crippen molar-refractivity contribution in [1.82, 2.24) is 0 Å². The largest absolute Gasteiger partial charge is 0.508 e. The van der Waals surface area contributed by atoms with Crippen LogP contribution in [0.1, 0.15) is 81.2 Å². The molecule has 2 aromatic carbocycles. The van der Waals surface area contributed by atoms with Crippen LogP contribution in [-0.4, -0.2) is 31.6 Å². The smallest absolute Gasteiger partial charge is 0.309 e. The molecule has 1 unspecified atom stereocenters. The number of aromatic hydroxyl groups is 1. The van der Waals surface area contributed by atoms with Crippen LogP contribution in [0.15, 0.2) is 36.4 Å². The number of halogens is 1. The third kappa shape index (κ3) is 7.38. The number of carbonyl (C=O) groups excluding carboxylic acids is 1. The van der Waals surface area contributed by atoms with Crippen molar-refractivity contribution in [1.29, 1.82) is 0 Å². The van der Waals surface area contributed by atoms with E-state index >= 15 is 0 Å². The Labute approximate surface area is 228 Å². The second-order valence-corrected chi connectivity index (χ2v) is 17.2. The molecule has 0 heterocycles. The monoisotopic (exact) mass is 546 g/mol. The Balaban J connectivity index is 1.67. The highest BCUT2D eigenvalue weighted by molar-refractivity contribution is 6.74. The van der Waals surface area contributed by atoms with Crippen molar-refractivity contribution in [3.63, 3.8) is 0 Å². The number of phenols is 1. The maximum Gasteiger partial charge on any atom is 0.309 e. The van der Waals surface area contributed by atoms with Gasteiger partial charge in [0, 0.05) is 5.02 Å². The number of benzene rings is 2. The molecule has 2 aromatic rings. The fourth-order valence-electron chi connectivity index (χ4n) is 4.60. The quantitative estimate of drug-likeness (QED) is 0.225. The third-order valence-corrected chi connectivity index (χ3v) is 13.1. The van der Waals surface area contributed by atoms with E-state index < -0.39 is 14.4 Å². The van der Waals surface area contributed by atoms with E-state index in [1.165, 1.54) is 7.11 Å². The summed E-state index contributed by atoms with van der Waals surface area (Å²) in [7, 11) is -0.511. The molecule has 1 aliphatic rings. The number of aliphatic hydroxyl groups is 1. The first kappa shape index (κ1) is 29.7. The first-order valence-corrected chi connectivity index (χ1v) is 16.5. The van der Waals surface area contributed by atoms with Crippen molar-refractivity contribution in [3.8, 4) is 5.75 Å². The van der Waals surface area contributed by atoms with Gasteiger partial charge in [0.05, 0.1) is 25.7 Å². The Hall–Kier alpha value is -1.86. The van der Waals surface area contributed by atoms with Crippen LogP contribution in [-0.2, 0) is 27.0 Å². The molecule has 7 heteroatoms. The average molecular weight is 547 g/mol. The van der Waals surface area contributed by atoms with Crippen LogP contribution in [0.25, 0.3) is 0 Å². The van der Waals surface area contributed by atoms with Gasteiger partial charge in [0.2, 0.25) is 0 Å². The van der Waals surface area contributed by atoms with Crippen molar-refractivity contribution >= 4 is 25.9 Å². The third-order valence-electron chi connectivity index (χ3n) is 8.27. The molecule has 0 aromatic heterocycles. The van der Waals surface area contributed by atoms with Gasteiger partial charge in [0.15, 0.2) is 8.32 Å². The Morgan fingerprint density at radius 1 is 1.11 bits per heavy atom. The predicted molar refractivity (Wildman–Crippen MR) is 151 cm³/mol. The zero-order chi connectivity index (χ0) is 27.5. The molecule has 2 N–H and O–H groups in total. The molecule has 0 amide bonds. The topological polar surface area (TPSA) is 76.0 Å². The molecule has 1 aliphatic carbocycles.